The molecule has 8 heteroatoms. The molecule has 1 atom stereocenters. The van der Waals surface area contributed by atoms with E-state index in [2.05, 4.69) is 33.4 Å². The van der Waals surface area contributed by atoms with Crippen molar-refractivity contribution in [2.45, 2.75) is 12.2 Å². The van der Waals surface area contributed by atoms with Gasteiger partial charge in [0.25, 0.3) is 0 Å². The second-order valence-electron chi connectivity index (χ2n) is 6.51. The van der Waals surface area contributed by atoms with Crippen LogP contribution in [0.5, 0.6) is 0 Å². The number of thiazole rings is 1. The lowest BCUT2D eigenvalue weighted by Gasteiger charge is -2.15. The van der Waals surface area contributed by atoms with E-state index in [-0.39, 0.29) is 11.2 Å². The number of rotatable bonds is 2. The van der Waals surface area contributed by atoms with Crippen molar-refractivity contribution in [3.8, 4) is 5.13 Å². The third-order valence-corrected chi connectivity index (χ3v) is 7.46. The average molecular weight is 471 g/mol. The van der Waals surface area contributed by atoms with Crippen LogP contribution in [0.2, 0.25) is 0 Å². The maximum absolute atomic E-state index is 12.4. The van der Waals surface area contributed by atoms with Crippen molar-refractivity contribution in [1.82, 2.24) is 14.8 Å². The van der Waals surface area contributed by atoms with Crippen LogP contribution in [0.15, 0.2) is 53.0 Å². The van der Waals surface area contributed by atoms with Crippen molar-refractivity contribution in [2.24, 2.45) is 0 Å². The predicted octanol–water partition coefficient (Wildman–Crippen LogP) is 5.33. The molecule has 0 fully saturated rings. The van der Waals surface area contributed by atoms with Gasteiger partial charge in [-0.1, -0.05) is 51.5 Å². The number of anilines is 1. The Balaban J connectivity index is 1.69. The summed E-state index contributed by atoms with van der Waals surface area (Å²) in [5, 5.41) is 8.61. The normalized spacial score (nSPS) is 16.6. The van der Waals surface area contributed by atoms with Crippen LogP contribution >= 0.6 is 39.0 Å². The molecule has 3 heterocycles. The van der Waals surface area contributed by atoms with Gasteiger partial charge < -0.3 is 5.32 Å². The number of amides is 1. The minimum Gasteiger partial charge on any atom is -0.310 e. The van der Waals surface area contributed by atoms with Gasteiger partial charge in [-0.05, 0) is 36.8 Å². The van der Waals surface area contributed by atoms with Crippen LogP contribution in [-0.2, 0) is 4.79 Å². The Labute approximate surface area is 178 Å². The largest absolute Gasteiger partial charge is 0.310 e. The van der Waals surface area contributed by atoms with Gasteiger partial charge in [0.1, 0.15) is 5.82 Å². The third kappa shape index (κ3) is 3.05. The molecule has 0 radical (unpaired) electrons. The van der Waals surface area contributed by atoms with Gasteiger partial charge in [-0.15, -0.1) is 11.8 Å². The standard InChI is InChI=1S/C20H15BrN4OS2/c1-11-17-18(12-6-8-13(21)9-7-12)27-10-16(26)23-19(17)25(24-11)20-22-14-4-2-3-5-15(14)28-20/h2-9,18H,10H2,1H3,(H,23,26)/t18-/m0/s1. The molecule has 0 unspecified atom stereocenters. The summed E-state index contributed by atoms with van der Waals surface area (Å²) in [7, 11) is 0. The van der Waals surface area contributed by atoms with Gasteiger partial charge in [0, 0.05) is 10.0 Å². The molecule has 1 N–H and O–H groups in total. The summed E-state index contributed by atoms with van der Waals surface area (Å²) < 4.78 is 3.91. The number of carbonyl (C=O) groups excluding carboxylic acids is 1. The Kier molecular flexibility index (Phi) is 4.49. The van der Waals surface area contributed by atoms with Crippen molar-refractivity contribution >= 4 is 61.0 Å². The zero-order chi connectivity index (χ0) is 19.3. The second-order valence-corrected chi connectivity index (χ2v) is 9.53. The number of aromatic nitrogens is 3. The topological polar surface area (TPSA) is 59.8 Å². The van der Waals surface area contributed by atoms with Crippen LogP contribution in [0.1, 0.15) is 22.1 Å². The first-order chi connectivity index (χ1) is 13.6. The summed E-state index contributed by atoms with van der Waals surface area (Å²) >= 11 is 6.69. The summed E-state index contributed by atoms with van der Waals surface area (Å²) in [4.78, 5) is 17.2. The minimum absolute atomic E-state index is 0.0203. The number of benzene rings is 2. The van der Waals surface area contributed by atoms with E-state index in [0.29, 0.717) is 5.75 Å². The number of fused-ring (bicyclic) bond motifs is 2. The van der Waals surface area contributed by atoms with Gasteiger partial charge in [-0.2, -0.15) is 9.78 Å². The Morgan fingerprint density at radius 1 is 1.18 bits per heavy atom. The monoisotopic (exact) mass is 470 g/mol. The maximum atomic E-state index is 12.4. The predicted molar refractivity (Wildman–Crippen MR) is 119 cm³/mol. The summed E-state index contributed by atoms with van der Waals surface area (Å²) in [5.41, 5.74) is 4.02. The van der Waals surface area contributed by atoms with E-state index in [0.717, 1.165) is 42.5 Å². The first kappa shape index (κ1) is 17.9. The molecular formula is C20H15BrN4OS2. The van der Waals surface area contributed by atoms with Crippen molar-refractivity contribution in [2.75, 3.05) is 11.1 Å². The molecule has 1 aliphatic rings. The molecule has 1 aliphatic heterocycles. The number of hydrogen-bond donors (Lipinski definition) is 1. The van der Waals surface area contributed by atoms with Crippen molar-refractivity contribution < 1.29 is 4.79 Å². The van der Waals surface area contributed by atoms with E-state index in [4.69, 9.17) is 10.1 Å². The molecule has 140 valence electrons. The molecule has 0 saturated heterocycles. The van der Waals surface area contributed by atoms with Gasteiger partial charge in [-0.3, -0.25) is 4.79 Å². The molecule has 0 aliphatic carbocycles. The molecule has 28 heavy (non-hydrogen) atoms. The number of para-hydroxylation sites is 1. The molecule has 0 saturated carbocycles. The SMILES string of the molecule is Cc1nn(-c2nc3ccccc3s2)c2c1[C@H](c1ccc(Br)cc1)SCC(=O)N2. The maximum Gasteiger partial charge on any atom is 0.235 e. The molecule has 2 aromatic heterocycles. The van der Waals surface area contributed by atoms with Crippen LogP contribution < -0.4 is 5.32 Å². The lowest BCUT2D eigenvalue weighted by atomic mass is 10.0. The third-order valence-electron chi connectivity index (χ3n) is 4.64. The van der Waals surface area contributed by atoms with Crippen molar-refractivity contribution in [3.05, 3.63) is 69.8 Å². The summed E-state index contributed by atoms with van der Waals surface area (Å²) in [6, 6.07) is 16.3. The van der Waals surface area contributed by atoms with Crippen LogP contribution in [0.4, 0.5) is 5.82 Å². The molecule has 5 nitrogen and oxygen atoms in total. The van der Waals surface area contributed by atoms with E-state index < -0.39 is 0 Å². The van der Waals surface area contributed by atoms with E-state index in [1.165, 1.54) is 0 Å². The van der Waals surface area contributed by atoms with E-state index in [9.17, 15) is 4.79 Å². The zero-order valence-corrected chi connectivity index (χ0v) is 18.1. The van der Waals surface area contributed by atoms with E-state index in [1.54, 1.807) is 27.8 Å². The molecule has 0 bridgehead atoms. The van der Waals surface area contributed by atoms with E-state index in [1.807, 2.05) is 43.3 Å². The lowest BCUT2D eigenvalue weighted by Crippen LogP contribution is -2.15. The number of halogens is 1. The molecular weight excluding hydrogens is 456 g/mol. The van der Waals surface area contributed by atoms with Gasteiger partial charge >= 0.3 is 0 Å². The van der Waals surface area contributed by atoms with Gasteiger partial charge in [0.15, 0.2) is 0 Å². The average Bonchev–Trinajstić information content (AvgIpc) is 3.19. The fraction of sp³-hybridized carbons (Fsp3) is 0.150. The summed E-state index contributed by atoms with van der Waals surface area (Å²) in [6.45, 7) is 1.99. The van der Waals surface area contributed by atoms with E-state index >= 15 is 0 Å². The molecule has 4 aromatic rings. The first-order valence-corrected chi connectivity index (χ1v) is 11.4. The lowest BCUT2D eigenvalue weighted by molar-refractivity contribution is -0.113. The van der Waals surface area contributed by atoms with Crippen LogP contribution in [0.25, 0.3) is 15.3 Å². The fourth-order valence-corrected chi connectivity index (χ4v) is 5.75. The van der Waals surface area contributed by atoms with Crippen molar-refractivity contribution in [3.63, 3.8) is 0 Å². The number of nitrogens with zero attached hydrogens (tertiary/aromatic N) is 3. The highest BCUT2D eigenvalue weighted by Gasteiger charge is 2.31. The molecule has 2 aromatic carbocycles. The number of carbonyl (C=O) groups is 1. The summed E-state index contributed by atoms with van der Waals surface area (Å²) in [5.74, 6) is 1.10. The van der Waals surface area contributed by atoms with Gasteiger partial charge in [-0.25, -0.2) is 4.98 Å². The highest BCUT2D eigenvalue weighted by molar-refractivity contribution is 9.10. The Morgan fingerprint density at radius 2 is 1.96 bits per heavy atom. The molecule has 1 amide bonds. The summed E-state index contributed by atoms with van der Waals surface area (Å²) in [6.07, 6.45) is 0. The Hall–Kier alpha value is -2.16. The second kappa shape index (κ2) is 7.02. The van der Waals surface area contributed by atoms with Crippen LogP contribution in [-0.4, -0.2) is 26.4 Å². The van der Waals surface area contributed by atoms with Gasteiger partial charge in [0.05, 0.1) is 26.9 Å². The minimum atomic E-state index is -0.0203. The van der Waals surface area contributed by atoms with Crippen molar-refractivity contribution in [1.29, 1.82) is 0 Å². The molecule has 0 spiro atoms. The number of hydrogen-bond acceptors (Lipinski definition) is 5. The number of nitrogens with one attached hydrogen (secondary N) is 1. The smallest absolute Gasteiger partial charge is 0.235 e. The highest BCUT2D eigenvalue weighted by atomic mass is 79.9. The highest BCUT2D eigenvalue weighted by Crippen LogP contribution is 2.44. The Morgan fingerprint density at radius 3 is 2.75 bits per heavy atom. The van der Waals surface area contributed by atoms with Crippen LogP contribution in [0, 0.1) is 6.92 Å². The number of thioether (sulfide) groups is 1. The fourth-order valence-electron chi connectivity index (χ4n) is 3.37. The van der Waals surface area contributed by atoms with Crippen LogP contribution in [0.3, 0.4) is 0 Å². The van der Waals surface area contributed by atoms with Gasteiger partial charge in [0.2, 0.25) is 11.0 Å². The Bertz CT molecular complexity index is 1170. The number of aryl methyl sites for hydroxylation is 1. The molecule has 5 rings (SSSR count). The quantitative estimate of drug-likeness (QED) is 0.430. The zero-order valence-electron chi connectivity index (χ0n) is 14.8. The first-order valence-electron chi connectivity index (χ1n) is 8.72.